The summed E-state index contributed by atoms with van der Waals surface area (Å²) in [5, 5.41) is 10.0. The van der Waals surface area contributed by atoms with Crippen molar-refractivity contribution in [3.63, 3.8) is 0 Å². The van der Waals surface area contributed by atoms with Gasteiger partial charge in [0.05, 0.1) is 4.90 Å². The van der Waals surface area contributed by atoms with E-state index in [1.165, 1.54) is 24.3 Å². The molecule has 2 aromatic carbocycles. The second-order valence-corrected chi connectivity index (χ2v) is 6.66. The number of nitrogens with one attached hydrogen (secondary N) is 1. The first-order valence-electron chi connectivity index (χ1n) is 5.61. The van der Waals surface area contributed by atoms with Crippen molar-refractivity contribution in [1.29, 1.82) is 0 Å². The maximum Gasteiger partial charge on any atom is 0.240 e. The first-order valence-corrected chi connectivity index (χ1v) is 7.85. The van der Waals surface area contributed by atoms with Crippen LogP contribution in [0, 0.1) is 0 Å². The topological polar surface area (TPSA) is 66.4 Å². The Morgan fingerprint density at radius 2 is 1.70 bits per heavy atom. The summed E-state index contributed by atoms with van der Waals surface area (Å²) in [6.07, 6.45) is 0. The summed E-state index contributed by atoms with van der Waals surface area (Å²) in [5.41, 5.74) is 0.624. The van der Waals surface area contributed by atoms with Crippen LogP contribution in [0.5, 0.6) is 5.75 Å². The Morgan fingerprint density at radius 3 is 2.30 bits per heavy atom. The summed E-state index contributed by atoms with van der Waals surface area (Å²) in [6.45, 7) is 0.0548. The number of benzene rings is 2. The standard InChI is InChI=1S/C13H11Cl2NO3S/c14-10-2-1-9(13(15)7-10)8-16-20(18,19)12-5-3-11(17)4-6-12/h1-7,16-17H,8H2. The predicted molar refractivity (Wildman–Crippen MR) is 78.6 cm³/mol. The molecule has 0 aliphatic rings. The summed E-state index contributed by atoms with van der Waals surface area (Å²) in [6, 6.07) is 10.1. The van der Waals surface area contributed by atoms with Crippen LogP contribution in [0.15, 0.2) is 47.4 Å². The van der Waals surface area contributed by atoms with Gasteiger partial charge in [-0.05, 0) is 42.0 Å². The number of halogens is 2. The Balaban J connectivity index is 2.15. The minimum absolute atomic E-state index is 0.00435. The normalized spacial score (nSPS) is 11.5. The second-order valence-electron chi connectivity index (χ2n) is 4.05. The van der Waals surface area contributed by atoms with Crippen molar-refractivity contribution in [2.24, 2.45) is 0 Å². The minimum Gasteiger partial charge on any atom is -0.508 e. The van der Waals surface area contributed by atoms with Gasteiger partial charge in [0.1, 0.15) is 5.75 Å². The van der Waals surface area contributed by atoms with Crippen molar-refractivity contribution in [2.45, 2.75) is 11.4 Å². The lowest BCUT2D eigenvalue weighted by Gasteiger charge is -2.08. The number of aromatic hydroxyl groups is 1. The van der Waals surface area contributed by atoms with Gasteiger partial charge in [0.2, 0.25) is 10.0 Å². The Hall–Kier alpha value is -1.27. The lowest BCUT2D eigenvalue weighted by Crippen LogP contribution is -2.23. The van der Waals surface area contributed by atoms with Gasteiger partial charge in [-0.2, -0.15) is 0 Å². The van der Waals surface area contributed by atoms with Crippen molar-refractivity contribution in [2.75, 3.05) is 0 Å². The number of phenols is 1. The van der Waals surface area contributed by atoms with Gasteiger partial charge in [-0.3, -0.25) is 0 Å². The van der Waals surface area contributed by atoms with E-state index in [0.717, 1.165) is 0 Å². The molecule has 0 heterocycles. The number of phenolic OH excluding ortho intramolecular Hbond substituents is 1. The van der Waals surface area contributed by atoms with Crippen molar-refractivity contribution in [3.05, 3.63) is 58.1 Å². The van der Waals surface area contributed by atoms with Gasteiger partial charge >= 0.3 is 0 Å². The van der Waals surface area contributed by atoms with E-state index in [4.69, 9.17) is 28.3 Å². The zero-order valence-corrected chi connectivity index (χ0v) is 12.5. The average molecular weight is 332 g/mol. The smallest absolute Gasteiger partial charge is 0.240 e. The van der Waals surface area contributed by atoms with E-state index < -0.39 is 10.0 Å². The SMILES string of the molecule is O=S(=O)(NCc1ccc(Cl)cc1Cl)c1ccc(O)cc1. The van der Waals surface area contributed by atoms with Crippen LogP contribution in [0.2, 0.25) is 10.0 Å². The molecule has 0 aromatic heterocycles. The molecule has 0 atom stereocenters. The third kappa shape index (κ3) is 3.64. The van der Waals surface area contributed by atoms with Gasteiger partial charge < -0.3 is 5.11 Å². The number of hydrogen-bond acceptors (Lipinski definition) is 3. The maximum absolute atomic E-state index is 12.0. The Kier molecular flexibility index (Phi) is 4.55. The van der Waals surface area contributed by atoms with Crippen LogP contribution in [-0.4, -0.2) is 13.5 Å². The molecular formula is C13H11Cl2NO3S. The largest absolute Gasteiger partial charge is 0.508 e. The van der Waals surface area contributed by atoms with E-state index in [1.807, 2.05) is 0 Å². The fraction of sp³-hybridized carbons (Fsp3) is 0.0769. The van der Waals surface area contributed by atoms with Crippen LogP contribution >= 0.6 is 23.2 Å². The van der Waals surface area contributed by atoms with Gasteiger partial charge in [0, 0.05) is 16.6 Å². The molecule has 2 N–H and O–H groups in total. The van der Waals surface area contributed by atoms with Crippen molar-refractivity contribution < 1.29 is 13.5 Å². The Bertz CT molecular complexity index is 715. The molecule has 2 rings (SSSR count). The highest BCUT2D eigenvalue weighted by Gasteiger charge is 2.14. The minimum atomic E-state index is -3.65. The molecule has 0 fully saturated rings. The molecule has 20 heavy (non-hydrogen) atoms. The number of rotatable bonds is 4. The van der Waals surface area contributed by atoms with Gasteiger partial charge in [0.15, 0.2) is 0 Å². The molecule has 0 saturated heterocycles. The van der Waals surface area contributed by atoms with Gasteiger partial charge in [0.25, 0.3) is 0 Å². The molecule has 0 unspecified atom stereocenters. The molecule has 0 saturated carbocycles. The first-order chi connectivity index (χ1) is 9.38. The summed E-state index contributed by atoms with van der Waals surface area (Å²) in [4.78, 5) is 0.0698. The number of sulfonamides is 1. The second kappa shape index (κ2) is 6.01. The van der Waals surface area contributed by atoms with Crippen LogP contribution in [0.25, 0.3) is 0 Å². The van der Waals surface area contributed by atoms with E-state index >= 15 is 0 Å². The summed E-state index contributed by atoms with van der Waals surface area (Å²) >= 11 is 11.7. The third-order valence-electron chi connectivity index (χ3n) is 2.61. The summed E-state index contributed by atoms with van der Waals surface area (Å²) in [5.74, 6) is 0.00435. The van der Waals surface area contributed by atoms with Crippen LogP contribution < -0.4 is 4.72 Å². The zero-order chi connectivity index (χ0) is 14.8. The van der Waals surface area contributed by atoms with Gasteiger partial charge in [-0.15, -0.1) is 0 Å². The van der Waals surface area contributed by atoms with Crippen molar-refractivity contribution in [3.8, 4) is 5.75 Å². The highest BCUT2D eigenvalue weighted by molar-refractivity contribution is 7.89. The first kappa shape index (κ1) is 15.1. The molecule has 0 aliphatic heterocycles. The lowest BCUT2D eigenvalue weighted by molar-refractivity contribution is 0.474. The molecule has 0 spiro atoms. The quantitative estimate of drug-likeness (QED) is 0.904. The molecule has 0 radical (unpaired) electrons. The molecule has 106 valence electrons. The lowest BCUT2D eigenvalue weighted by atomic mass is 10.2. The molecule has 2 aromatic rings. The highest BCUT2D eigenvalue weighted by atomic mass is 35.5. The molecular weight excluding hydrogens is 321 g/mol. The van der Waals surface area contributed by atoms with Crippen molar-refractivity contribution >= 4 is 33.2 Å². The van der Waals surface area contributed by atoms with Crippen LogP contribution in [0.3, 0.4) is 0 Å². The van der Waals surface area contributed by atoms with Crippen molar-refractivity contribution in [1.82, 2.24) is 4.72 Å². The fourth-order valence-electron chi connectivity index (χ4n) is 1.55. The Labute approximate surface area is 127 Å². The molecule has 4 nitrogen and oxygen atoms in total. The predicted octanol–water partition coefficient (Wildman–Crippen LogP) is 3.18. The van der Waals surface area contributed by atoms with Crippen LogP contribution in [-0.2, 0) is 16.6 Å². The molecule has 0 aliphatic carbocycles. The van der Waals surface area contributed by atoms with Gasteiger partial charge in [-0.25, -0.2) is 13.1 Å². The average Bonchev–Trinajstić information content (AvgIpc) is 2.38. The van der Waals surface area contributed by atoms with E-state index in [-0.39, 0.29) is 17.2 Å². The van der Waals surface area contributed by atoms with E-state index in [9.17, 15) is 8.42 Å². The zero-order valence-electron chi connectivity index (χ0n) is 10.2. The monoisotopic (exact) mass is 331 g/mol. The third-order valence-corrected chi connectivity index (χ3v) is 4.62. The van der Waals surface area contributed by atoms with E-state index in [1.54, 1.807) is 18.2 Å². The molecule has 7 heteroatoms. The summed E-state index contributed by atoms with van der Waals surface area (Å²) < 4.78 is 26.5. The maximum atomic E-state index is 12.0. The van der Waals surface area contributed by atoms with E-state index in [0.29, 0.717) is 15.6 Å². The van der Waals surface area contributed by atoms with Gasteiger partial charge in [-0.1, -0.05) is 29.3 Å². The fourth-order valence-corrected chi connectivity index (χ4v) is 3.03. The van der Waals surface area contributed by atoms with Crippen LogP contribution in [0.4, 0.5) is 0 Å². The Morgan fingerprint density at radius 1 is 1.05 bits per heavy atom. The highest BCUT2D eigenvalue weighted by Crippen LogP contribution is 2.21. The molecule has 0 bridgehead atoms. The number of hydrogen-bond donors (Lipinski definition) is 2. The molecule has 0 amide bonds. The van der Waals surface area contributed by atoms with Crippen LogP contribution in [0.1, 0.15) is 5.56 Å². The van der Waals surface area contributed by atoms with E-state index in [2.05, 4.69) is 4.72 Å². The summed E-state index contributed by atoms with van der Waals surface area (Å²) in [7, 11) is -3.65.